The lowest BCUT2D eigenvalue weighted by Gasteiger charge is -2.26. The summed E-state index contributed by atoms with van der Waals surface area (Å²) in [6, 6.07) is 6.43. The average molecular weight is 261 g/mol. The Balaban J connectivity index is 2.12. The van der Waals surface area contributed by atoms with Crippen molar-refractivity contribution in [3.63, 3.8) is 0 Å². The van der Waals surface area contributed by atoms with Gasteiger partial charge < -0.3 is 0 Å². The number of nitrogens with one attached hydrogen (secondary N) is 1. The van der Waals surface area contributed by atoms with E-state index in [2.05, 4.69) is 24.4 Å². The summed E-state index contributed by atoms with van der Waals surface area (Å²) in [5.74, 6) is 0.963. The third kappa shape index (κ3) is 3.30. The molecule has 1 fully saturated rings. The molecule has 5 heteroatoms. The highest BCUT2D eigenvalue weighted by Crippen LogP contribution is 2.26. The summed E-state index contributed by atoms with van der Waals surface area (Å²) in [6.45, 7) is 4.37. The van der Waals surface area contributed by atoms with Crippen molar-refractivity contribution in [3.8, 4) is 0 Å². The summed E-state index contributed by atoms with van der Waals surface area (Å²) in [5.41, 5.74) is 4.86. The van der Waals surface area contributed by atoms with Gasteiger partial charge in [0.25, 0.3) is 5.69 Å². The van der Waals surface area contributed by atoms with Crippen molar-refractivity contribution in [2.45, 2.75) is 33.1 Å². The van der Waals surface area contributed by atoms with Gasteiger partial charge in [0.2, 0.25) is 0 Å². The molecule has 0 unspecified atom stereocenters. The summed E-state index contributed by atoms with van der Waals surface area (Å²) in [4.78, 5) is 10.3. The van der Waals surface area contributed by atoms with E-state index in [1.54, 1.807) is 12.1 Å². The van der Waals surface area contributed by atoms with Crippen LogP contribution in [-0.4, -0.2) is 10.6 Å². The number of hydrogen-bond donors (Lipinski definition) is 1. The van der Waals surface area contributed by atoms with Crippen LogP contribution in [0.1, 0.15) is 33.1 Å². The van der Waals surface area contributed by atoms with Gasteiger partial charge >= 0.3 is 0 Å². The molecular weight excluding hydrogens is 242 g/mol. The maximum atomic E-state index is 10.7. The predicted molar refractivity (Wildman–Crippen MR) is 76.3 cm³/mol. The molecule has 102 valence electrons. The van der Waals surface area contributed by atoms with E-state index < -0.39 is 4.92 Å². The normalized spacial score (nSPS) is 22.9. The van der Waals surface area contributed by atoms with E-state index in [1.807, 2.05) is 0 Å². The lowest BCUT2D eigenvalue weighted by atomic mass is 9.81. The lowest BCUT2D eigenvalue weighted by molar-refractivity contribution is -0.384. The van der Waals surface area contributed by atoms with Crippen LogP contribution in [0.4, 0.5) is 11.4 Å². The number of benzene rings is 1. The van der Waals surface area contributed by atoms with Crippen molar-refractivity contribution in [1.82, 2.24) is 0 Å². The van der Waals surface area contributed by atoms with Crippen LogP contribution >= 0.6 is 0 Å². The SMILES string of the molecule is C[C@H]1CCC[C@H](C)C1=NNc1cccc([N+](=O)[O-])c1. The fourth-order valence-electron chi connectivity index (χ4n) is 2.55. The Morgan fingerprint density at radius 2 is 2.00 bits per heavy atom. The molecule has 2 atom stereocenters. The zero-order valence-corrected chi connectivity index (χ0v) is 11.3. The van der Waals surface area contributed by atoms with E-state index in [9.17, 15) is 10.1 Å². The Bertz CT molecular complexity index is 487. The van der Waals surface area contributed by atoms with Gasteiger partial charge in [-0.05, 0) is 30.7 Å². The van der Waals surface area contributed by atoms with E-state index in [4.69, 9.17) is 0 Å². The summed E-state index contributed by atoms with van der Waals surface area (Å²) in [6.07, 6.45) is 3.58. The molecule has 1 aliphatic rings. The van der Waals surface area contributed by atoms with E-state index >= 15 is 0 Å². The average Bonchev–Trinajstić information content (AvgIpc) is 2.38. The van der Waals surface area contributed by atoms with Gasteiger partial charge in [-0.3, -0.25) is 15.5 Å². The van der Waals surface area contributed by atoms with E-state index in [-0.39, 0.29) is 5.69 Å². The topological polar surface area (TPSA) is 67.5 Å². The van der Waals surface area contributed by atoms with Crippen molar-refractivity contribution < 1.29 is 4.92 Å². The molecule has 19 heavy (non-hydrogen) atoms. The molecule has 1 aromatic carbocycles. The molecule has 1 aliphatic carbocycles. The molecule has 1 aromatic rings. The Kier molecular flexibility index (Phi) is 4.14. The number of nitrogens with zero attached hydrogens (tertiary/aromatic N) is 2. The third-order valence-electron chi connectivity index (χ3n) is 3.66. The van der Waals surface area contributed by atoms with Crippen LogP contribution in [0.2, 0.25) is 0 Å². The third-order valence-corrected chi connectivity index (χ3v) is 3.66. The van der Waals surface area contributed by atoms with Crippen molar-refractivity contribution in [2.24, 2.45) is 16.9 Å². The highest BCUT2D eigenvalue weighted by molar-refractivity contribution is 5.89. The minimum Gasteiger partial charge on any atom is -0.278 e. The Morgan fingerprint density at radius 3 is 2.63 bits per heavy atom. The van der Waals surface area contributed by atoms with Gasteiger partial charge in [-0.15, -0.1) is 0 Å². The number of nitro benzene ring substituents is 1. The van der Waals surface area contributed by atoms with Crippen LogP contribution in [0, 0.1) is 22.0 Å². The molecule has 0 heterocycles. The van der Waals surface area contributed by atoms with Gasteiger partial charge in [0.05, 0.1) is 10.6 Å². The second-order valence-electron chi connectivity index (χ2n) is 5.19. The number of hydrogen-bond acceptors (Lipinski definition) is 4. The van der Waals surface area contributed by atoms with Crippen LogP contribution < -0.4 is 5.43 Å². The first-order chi connectivity index (χ1) is 9.08. The predicted octanol–water partition coefficient (Wildman–Crippen LogP) is 3.82. The minimum atomic E-state index is -0.399. The first-order valence-corrected chi connectivity index (χ1v) is 6.66. The van der Waals surface area contributed by atoms with Crippen molar-refractivity contribution in [3.05, 3.63) is 34.4 Å². The summed E-state index contributed by atoms with van der Waals surface area (Å²) in [7, 11) is 0. The maximum Gasteiger partial charge on any atom is 0.271 e. The molecular formula is C14H19N3O2. The first kappa shape index (κ1) is 13.5. The maximum absolute atomic E-state index is 10.7. The monoisotopic (exact) mass is 261 g/mol. The fraction of sp³-hybridized carbons (Fsp3) is 0.500. The van der Waals surface area contributed by atoms with Crippen molar-refractivity contribution in [1.29, 1.82) is 0 Å². The second kappa shape index (κ2) is 5.82. The molecule has 0 bridgehead atoms. The first-order valence-electron chi connectivity index (χ1n) is 6.66. The zero-order valence-electron chi connectivity index (χ0n) is 11.3. The largest absolute Gasteiger partial charge is 0.278 e. The lowest BCUT2D eigenvalue weighted by Crippen LogP contribution is -2.25. The minimum absolute atomic E-state index is 0.0786. The molecule has 0 amide bonds. The van der Waals surface area contributed by atoms with Crippen LogP contribution in [0.15, 0.2) is 29.4 Å². The molecule has 0 radical (unpaired) electrons. The summed E-state index contributed by atoms with van der Waals surface area (Å²) in [5, 5.41) is 15.2. The Morgan fingerprint density at radius 1 is 1.32 bits per heavy atom. The number of non-ortho nitro benzene ring substituents is 1. The molecule has 0 spiro atoms. The van der Waals surface area contributed by atoms with E-state index in [1.165, 1.54) is 31.4 Å². The molecule has 2 rings (SSSR count). The zero-order chi connectivity index (χ0) is 13.8. The number of rotatable bonds is 3. The van der Waals surface area contributed by atoms with Crippen LogP contribution in [0.25, 0.3) is 0 Å². The molecule has 0 aliphatic heterocycles. The fourth-order valence-corrected chi connectivity index (χ4v) is 2.55. The summed E-state index contributed by atoms with van der Waals surface area (Å²) < 4.78 is 0. The van der Waals surface area contributed by atoms with Crippen molar-refractivity contribution in [2.75, 3.05) is 5.43 Å². The second-order valence-corrected chi connectivity index (χ2v) is 5.19. The van der Waals surface area contributed by atoms with Gasteiger partial charge in [-0.1, -0.05) is 26.3 Å². The number of hydrazone groups is 1. The standard InChI is InChI=1S/C14H19N3O2/c1-10-5-3-6-11(2)14(10)16-15-12-7-4-8-13(9-12)17(18)19/h4,7-11,15H,3,5-6H2,1-2H3/t10-,11-/m0/s1. The molecule has 0 saturated heterocycles. The quantitative estimate of drug-likeness (QED) is 0.664. The van der Waals surface area contributed by atoms with Gasteiger partial charge in [0, 0.05) is 17.8 Å². The van der Waals surface area contributed by atoms with Crippen LogP contribution in [0.3, 0.4) is 0 Å². The van der Waals surface area contributed by atoms with Gasteiger partial charge in [-0.2, -0.15) is 5.10 Å². The highest BCUT2D eigenvalue weighted by atomic mass is 16.6. The number of anilines is 1. The molecule has 1 saturated carbocycles. The number of nitro groups is 1. The van der Waals surface area contributed by atoms with Gasteiger partial charge in [0.1, 0.15) is 0 Å². The molecule has 5 nitrogen and oxygen atoms in total. The smallest absolute Gasteiger partial charge is 0.271 e. The Labute approximate surface area is 112 Å². The van der Waals surface area contributed by atoms with Gasteiger partial charge in [-0.25, -0.2) is 0 Å². The highest BCUT2D eigenvalue weighted by Gasteiger charge is 2.22. The van der Waals surface area contributed by atoms with Crippen LogP contribution in [0.5, 0.6) is 0 Å². The molecule has 1 N–H and O–H groups in total. The van der Waals surface area contributed by atoms with E-state index in [0.717, 1.165) is 5.71 Å². The molecule has 0 aromatic heterocycles. The summed E-state index contributed by atoms with van der Waals surface area (Å²) >= 11 is 0. The van der Waals surface area contributed by atoms with Crippen molar-refractivity contribution >= 4 is 17.1 Å². The van der Waals surface area contributed by atoms with Gasteiger partial charge in [0.15, 0.2) is 0 Å². The van der Waals surface area contributed by atoms with E-state index in [0.29, 0.717) is 17.5 Å². The Hall–Kier alpha value is -1.91. The van der Waals surface area contributed by atoms with Crippen LogP contribution in [-0.2, 0) is 0 Å².